The van der Waals surface area contributed by atoms with Crippen molar-refractivity contribution in [2.45, 2.75) is 32.3 Å². The second-order valence-corrected chi connectivity index (χ2v) is 9.30. The van der Waals surface area contributed by atoms with Crippen LogP contribution in [0.2, 0.25) is 0 Å². The molecule has 1 aromatic carbocycles. The smallest absolute Gasteiger partial charge is 0.444 e. The summed E-state index contributed by atoms with van der Waals surface area (Å²) in [5, 5.41) is 14.3. The number of benzene rings is 1. The van der Waals surface area contributed by atoms with Crippen molar-refractivity contribution in [3.63, 3.8) is 0 Å². The van der Waals surface area contributed by atoms with Gasteiger partial charge in [0.05, 0.1) is 6.04 Å². The Morgan fingerprint density at radius 3 is 2.54 bits per heavy atom. The van der Waals surface area contributed by atoms with Crippen LogP contribution in [-0.4, -0.2) is 76.2 Å². The molecule has 5 rings (SSSR count). The molecule has 2 aliphatic heterocycles. The Balaban J connectivity index is 1.09. The van der Waals surface area contributed by atoms with Crippen LogP contribution in [0.1, 0.15) is 11.3 Å². The summed E-state index contributed by atoms with van der Waals surface area (Å²) in [5.41, 5.74) is 2.73. The fraction of sp³-hybridized carbons (Fsp3) is 0.458. The van der Waals surface area contributed by atoms with Crippen molar-refractivity contribution < 1.29 is 27.6 Å². The summed E-state index contributed by atoms with van der Waals surface area (Å²) in [6.07, 6.45) is -0.787. The highest BCUT2D eigenvalue weighted by Crippen LogP contribution is 2.26. The Kier molecular flexibility index (Phi) is 7.41. The minimum atomic E-state index is -4.71. The molecule has 1 saturated heterocycles. The van der Waals surface area contributed by atoms with Gasteiger partial charge < -0.3 is 34.7 Å². The molecule has 0 saturated carbocycles. The van der Waals surface area contributed by atoms with E-state index in [-0.39, 0.29) is 23.6 Å². The van der Waals surface area contributed by atoms with E-state index in [9.17, 15) is 23.3 Å². The van der Waals surface area contributed by atoms with E-state index < -0.39 is 11.3 Å². The first-order chi connectivity index (χ1) is 18.6. The Morgan fingerprint density at radius 2 is 1.87 bits per heavy atom. The van der Waals surface area contributed by atoms with Gasteiger partial charge in [-0.15, -0.1) is 13.2 Å². The summed E-state index contributed by atoms with van der Waals surface area (Å²) in [6, 6.07) is 6.13. The highest BCUT2D eigenvalue weighted by atomic mass is 19.4. The predicted molar refractivity (Wildman–Crippen MR) is 134 cm³/mol. The van der Waals surface area contributed by atoms with Crippen LogP contribution in [0.5, 0.6) is 11.8 Å². The number of nitrogens with zero attached hydrogens (tertiary/aromatic N) is 7. The number of anilines is 2. The van der Waals surface area contributed by atoms with Crippen LogP contribution in [0.4, 0.5) is 30.6 Å². The van der Waals surface area contributed by atoms with Crippen molar-refractivity contribution in [1.29, 1.82) is 0 Å². The second kappa shape index (κ2) is 10.9. The number of nitrogens with one attached hydrogen (secondary N) is 1. The van der Waals surface area contributed by atoms with Gasteiger partial charge in [-0.2, -0.15) is 0 Å². The van der Waals surface area contributed by atoms with Gasteiger partial charge in [-0.25, -0.2) is 9.97 Å². The monoisotopic (exact) mass is 548 g/mol. The lowest BCUT2D eigenvalue weighted by Crippen LogP contribution is -2.47. The lowest BCUT2D eigenvalue weighted by molar-refractivity contribution is -0.389. The molecule has 1 fully saturated rings. The molecule has 2 aliphatic rings. The molecule has 12 nitrogen and oxygen atoms in total. The SMILES string of the molecule is Cc1nc(N2CCN(c3ccc(OC(F)(F)F)cc3)CC2)ncc1CCN[C@@H]1COc2nc([N+](=O)[O-])cn2C1. The van der Waals surface area contributed by atoms with E-state index in [1.54, 1.807) is 16.7 Å². The summed E-state index contributed by atoms with van der Waals surface area (Å²) < 4.78 is 48.3. The standard InChI is InChI=1S/C24H27F3N8O4/c1-16-17(6-7-28-18-13-34-14-21(35(36)37)31-23(34)38-15-18)12-29-22(30-16)33-10-8-32(9-11-33)19-2-4-20(5-3-19)39-24(25,26)27/h2-5,12,14,18,28H,6-11,13,15H2,1H3/t18-/m0/s1. The largest absolute Gasteiger partial charge is 0.573 e. The summed E-state index contributed by atoms with van der Waals surface area (Å²) in [5.74, 6) is 0.177. The number of aromatic nitrogens is 4. The van der Waals surface area contributed by atoms with Crippen LogP contribution in [0, 0.1) is 17.0 Å². The molecule has 4 heterocycles. The first kappa shape index (κ1) is 26.5. The van der Waals surface area contributed by atoms with E-state index in [0.717, 1.165) is 16.9 Å². The van der Waals surface area contributed by atoms with Crippen molar-refractivity contribution in [3.05, 3.63) is 58.0 Å². The first-order valence-electron chi connectivity index (χ1n) is 12.4. The number of ether oxygens (including phenoxy) is 2. The lowest BCUT2D eigenvalue weighted by atomic mass is 10.1. The normalized spacial score (nSPS) is 17.5. The van der Waals surface area contributed by atoms with E-state index in [1.807, 2.05) is 13.1 Å². The van der Waals surface area contributed by atoms with Gasteiger partial charge in [0.2, 0.25) is 5.95 Å². The zero-order valence-corrected chi connectivity index (χ0v) is 21.1. The van der Waals surface area contributed by atoms with Crippen molar-refractivity contribution in [2.24, 2.45) is 0 Å². The number of aryl methyl sites for hydroxylation is 1. The van der Waals surface area contributed by atoms with E-state index in [2.05, 4.69) is 29.8 Å². The number of nitro groups is 1. The summed E-state index contributed by atoms with van der Waals surface area (Å²) in [7, 11) is 0. The summed E-state index contributed by atoms with van der Waals surface area (Å²) in [4.78, 5) is 27.7. The molecule has 2 aromatic heterocycles. The molecular weight excluding hydrogens is 521 g/mol. The van der Waals surface area contributed by atoms with Gasteiger partial charge in [-0.1, -0.05) is 0 Å². The van der Waals surface area contributed by atoms with Crippen LogP contribution < -0.4 is 24.6 Å². The zero-order chi connectivity index (χ0) is 27.6. The summed E-state index contributed by atoms with van der Waals surface area (Å²) in [6.45, 7) is 6.23. The number of piperazine rings is 1. The number of imidazole rings is 1. The molecule has 0 unspecified atom stereocenters. The molecule has 0 spiro atoms. The van der Waals surface area contributed by atoms with Crippen LogP contribution in [0.15, 0.2) is 36.7 Å². The fourth-order valence-electron chi connectivity index (χ4n) is 4.62. The number of halogens is 3. The second-order valence-electron chi connectivity index (χ2n) is 9.30. The van der Waals surface area contributed by atoms with Crippen molar-refractivity contribution in [3.8, 4) is 11.8 Å². The van der Waals surface area contributed by atoms with Gasteiger partial charge in [0.25, 0.3) is 0 Å². The Bertz CT molecular complexity index is 1310. The van der Waals surface area contributed by atoms with E-state index in [1.165, 1.54) is 18.3 Å². The van der Waals surface area contributed by atoms with Gasteiger partial charge >= 0.3 is 18.2 Å². The Morgan fingerprint density at radius 1 is 1.15 bits per heavy atom. The molecule has 3 aromatic rings. The lowest BCUT2D eigenvalue weighted by Gasteiger charge is -2.36. The molecule has 1 N–H and O–H groups in total. The van der Waals surface area contributed by atoms with E-state index in [0.29, 0.717) is 58.2 Å². The maximum absolute atomic E-state index is 12.4. The molecule has 15 heteroatoms. The third-order valence-corrected chi connectivity index (χ3v) is 6.64. The number of hydrogen-bond donors (Lipinski definition) is 1. The molecule has 208 valence electrons. The highest BCUT2D eigenvalue weighted by molar-refractivity contribution is 5.51. The average molecular weight is 549 g/mol. The van der Waals surface area contributed by atoms with Crippen molar-refractivity contribution >= 4 is 17.5 Å². The van der Waals surface area contributed by atoms with Gasteiger partial charge in [0.1, 0.15) is 18.6 Å². The third kappa shape index (κ3) is 6.47. The quantitative estimate of drug-likeness (QED) is 0.332. The number of alkyl halides is 3. The van der Waals surface area contributed by atoms with Crippen LogP contribution in [-0.2, 0) is 13.0 Å². The molecule has 39 heavy (non-hydrogen) atoms. The molecule has 1 atom stereocenters. The molecule has 0 amide bonds. The van der Waals surface area contributed by atoms with Crippen molar-refractivity contribution in [1.82, 2.24) is 24.8 Å². The predicted octanol–water partition coefficient (Wildman–Crippen LogP) is 2.71. The minimum absolute atomic E-state index is 0.00327. The fourth-order valence-corrected chi connectivity index (χ4v) is 4.62. The van der Waals surface area contributed by atoms with E-state index >= 15 is 0 Å². The first-order valence-corrected chi connectivity index (χ1v) is 12.4. The molecular formula is C24H27F3N8O4. The maximum Gasteiger partial charge on any atom is 0.573 e. The van der Waals surface area contributed by atoms with Gasteiger partial charge in [-0.3, -0.25) is 4.57 Å². The topological polar surface area (TPSA) is 124 Å². The molecule has 0 aliphatic carbocycles. The number of hydrogen-bond acceptors (Lipinski definition) is 10. The minimum Gasteiger partial charge on any atom is -0.444 e. The average Bonchev–Trinajstić information content (AvgIpc) is 3.33. The van der Waals surface area contributed by atoms with Crippen LogP contribution in [0.3, 0.4) is 0 Å². The van der Waals surface area contributed by atoms with Gasteiger partial charge in [0.15, 0.2) is 0 Å². The Hall–Kier alpha value is -4.14. The van der Waals surface area contributed by atoms with Gasteiger partial charge in [-0.05, 0) is 54.6 Å². The molecule has 0 bridgehead atoms. The number of rotatable bonds is 8. The maximum atomic E-state index is 12.4. The van der Waals surface area contributed by atoms with Crippen LogP contribution in [0.25, 0.3) is 0 Å². The Labute approximate surface area is 221 Å². The third-order valence-electron chi connectivity index (χ3n) is 6.64. The highest BCUT2D eigenvalue weighted by Gasteiger charge is 2.31. The number of fused-ring (bicyclic) bond motifs is 1. The van der Waals surface area contributed by atoms with Gasteiger partial charge in [0, 0.05) is 55.3 Å². The van der Waals surface area contributed by atoms with E-state index in [4.69, 9.17) is 9.72 Å². The van der Waals surface area contributed by atoms with Crippen LogP contribution >= 0.6 is 0 Å². The molecule has 0 radical (unpaired) electrons. The zero-order valence-electron chi connectivity index (χ0n) is 21.1. The summed E-state index contributed by atoms with van der Waals surface area (Å²) >= 11 is 0. The van der Waals surface area contributed by atoms with Crippen molar-refractivity contribution in [2.75, 3.05) is 49.1 Å².